The molecule has 1 heterocycles. The van der Waals surface area contributed by atoms with Gasteiger partial charge in [-0.05, 0) is 37.7 Å². The van der Waals surface area contributed by atoms with E-state index in [1.807, 2.05) is 50.3 Å². The Morgan fingerprint density at radius 1 is 1.32 bits per heavy atom. The molecule has 5 atom stereocenters. The molecule has 1 saturated carbocycles. The Labute approximate surface area is 133 Å². The van der Waals surface area contributed by atoms with E-state index in [4.69, 9.17) is 0 Å². The number of allylic oxidation sites excluding steroid dienone is 1. The second-order valence-electron chi connectivity index (χ2n) is 6.88. The lowest BCUT2D eigenvalue weighted by Crippen LogP contribution is -2.33. The van der Waals surface area contributed by atoms with Crippen molar-refractivity contribution in [3.05, 3.63) is 48.0 Å². The van der Waals surface area contributed by atoms with Crippen LogP contribution in [-0.4, -0.2) is 29.6 Å². The van der Waals surface area contributed by atoms with Crippen molar-refractivity contribution >= 4 is 9.84 Å². The van der Waals surface area contributed by atoms with Gasteiger partial charge in [-0.1, -0.05) is 49.4 Å². The lowest BCUT2D eigenvalue weighted by atomic mass is 9.86. The van der Waals surface area contributed by atoms with E-state index >= 15 is 0 Å². The number of fused-ring (bicyclic) bond motifs is 1. The third kappa shape index (κ3) is 2.42. The van der Waals surface area contributed by atoms with Gasteiger partial charge in [-0.3, -0.25) is 0 Å². The van der Waals surface area contributed by atoms with Gasteiger partial charge in [-0.2, -0.15) is 0 Å². The Kier molecular flexibility index (Phi) is 3.94. The van der Waals surface area contributed by atoms with Gasteiger partial charge in [-0.25, -0.2) is 8.42 Å². The molecule has 0 amide bonds. The third-order valence-electron chi connectivity index (χ3n) is 5.37. The van der Waals surface area contributed by atoms with E-state index in [9.17, 15) is 13.5 Å². The summed E-state index contributed by atoms with van der Waals surface area (Å²) in [6.07, 6.45) is 5.30. The van der Waals surface area contributed by atoms with E-state index in [-0.39, 0.29) is 17.1 Å². The van der Waals surface area contributed by atoms with Crippen LogP contribution in [0.1, 0.15) is 32.3 Å². The molecule has 1 aliphatic carbocycles. The van der Waals surface area contributed by atoms with E-state index in [1.54, 1.807) is 6.08 Å². The third-order valence-corrected chi connectivity index (χ3v) is 8.21. The molecule has 1 saturated heterocycles. The van der Waals surface area contributed by atoms with Gasteiger partial charge in [0.1, 0.15) is 0 Å². The van der Waals surface area contributed by atoms with Crippen LogP contribution in [0, 0.1) is 11.8 Å². The van der Waals surface area contributed by atoms with E-state index in [1.165, 1.54) is 0 Å². The summed E-state index contributed by atoms with van der Waals surface area (Å²) in [5.41, 5.74) is 0.0930. The van der Waals surface area contributed by atoms with E-state index in [2.05, 4.69) is 0 Å². The van der Waals surface area contributed by atoms with Crippen molar-refractivity contribution in [1.82, 2.24) is 0 Å². The topological polar surface area (TPSA) is 54.4 Å². The van der Waals surface area contributed by atoms with Crippen LogP contribution < -0.4 is 0 Å². The molecule has 3 rings (SSSR count). The van der Waals surface area contributed by atoms with Crippen LogP contribution in [0.3, 0.4) is 0 Å². The summed E-state index contributed by atoms with van der Waals surface area (Å²) in [5.74, 6) is -0.158. The van der Waals surface area contributed by atoms with Gasteiger partial charge in [0, 0.05) is 5.92 Å². The van der Waals surface area contributed by atoms with Gasteiger partial charge in [0.2, 0.25) is 0 Å². The average molecular weight is 320 g/mol. The zero-order chi connectivity index (χ0) is 16.0. The summed E-state index contributed by atoms with van der Waals surface area (Å²) in [4.78, 5) is 0. The fourth-order valence-corrected chi connectivity index (χ4v) is 7.44. The summed E-state index contributed by atoms with van der Waals surface area (Å²) in [5, 5.41) is 10.1. The predicted octanol–water partition coefficient (Wildman–Crippen LogP) is 2.75. The van der Waals surface area contributed by atoms with Crippen LogP contribution in [0.25, 0.3) is 0 Å². The first-order chi connectivity index (χ1) is 10.4. The number of sulfone groups is 1. The fourth-order valence-electron chi connectivity index (χ4n) is 4.55. The summed E-state index contributed by atoms with van der Waals surface area (Å²) in [7, 11) is -3.20. The minimum atomic E-state index is -3.20. The molecular formula is C18H24O3S. The van der Waals surface area contributed by atoms with Crippen LogP contribution in [0.2, 0.25) is 0 Å². The van der Waals surface area contributed by atoms with Gasteiger partial charge in [0.05, 0.1) is 16.1 Å². The summed E-state index contributed by atoms with van der Waals surface area (Å²) in [6, 6.07) is 9.78. The van der Waals surface area contributed by atoms with Crippen molar-refractivity contribution in [2.75, 3.05) is 0 Å². The number of hydrogen-bond acceptors (Lipinski definition) is 3. The van der Waals surface area contributed by atoms with Crippen LogP contribution in [0.15, 0.2) is 42.5 Å². The van der Waals surface area contributed by atoms with Crippen molar-refractivity contribution < 1.29 is 13.5 Å². The molecule has 3 nitrogen and oxygen atoms in total. The maximum absolute atomic E-state index is 12.9. The SMILES string of the molecule is C/C=C/[C@@]1(O)C[C@@H](C)[C@H]2[C@@H]1C[C@H](Cc1ccccc1)S2(=O)=O. The predicted molar refractivity (Wildman–Crippen MR) is 88.3 cm³/mol. The summed E-state index contributed by atoms with van der Waals surface area (Å²) >= 11 is 0. The fraction of sp³-hybridized carbons (Fsp3) is 0.556. The molecule has 120 valence electrons. The molecule has 0 spiro atoms. The Morgan fingerprint density at radius 2 is 2.00 bits per heavy atom. The number of rotatable bonds is 3. The van der Waals surface area contributed by atoms with Gasteiger partial charge in [-0.15, -0.1) is 0 Å². The zero-order valence-corrected chi connectivity index (χ0v) is 14.0. The number of hydrogen-bond donors (Lipinski definition) is 1. The highest BCUT2D eigenvalue weighted by atomic mass is 32.2. The Balaban J connectivity index is 1.91. The molecule has 0 aromatic heterocycles. The molecule has 0 bridgehead atoms. The molecule has 1 aromatic carbocycles. The molecule has 2 aliphatic rings. The Morgan fingerprint density at radius 3 is 2.64 bits per heavy atom. The van der Waals surface area contributed by atoms with Crippen LogP contribution in [0.5, 0.6) is 0 Å². The minimum Gasteiger partial charge on any atom is -0.385 e. The van der Waals surface area contributed by atoms with E-state index < -0.39 is 20.7 Å². The zero-order valence-electron chi connectivity index (χ0n) is 13.1. The lowest BCUT2D eigenvalue weighted by Gasteiger charge is -2.25. The summed E-state index contributed by atoms with van der Waals surface area (Å²) < 4.78 is 25.9. The second kappa shape index (κ2) is 5.50. The van der Waals surface area contributed by atoms with Gasteiger partial charge in [0.25, 0.3) is 0 Å². The maximum Gasteiger partial charge on any atom is 0.157 e. The first-order valence-electron chi connectivity index (χ1n) is 8.01. The quantitative estimate of drug-likeness (QED) is 0.871. The van der Waals surface area contributed by atoms with Crippen LogP contribution in [0.4, 0.5) is 0 Å². The minimum absolute atomic E-state index is 0.0111. The van der Waals surface area contributed by atoms with Crippen molar-refractivity contribution in [3.63, 3.8) is 0 Å². The Bertz CT molecular complexity index is 665. The van der Waals surface area contributed by atoms with Gasteiger partial charge in [0.15, 0.2) is 9.84 Å². The van der Waals surface area contributed by atoms with Crippen LogP contribution in [-0.2, 0) is 16.3 Å². The number of benzene rings is 1. The van der Waals surface area contributed by atoms with Gasteiger partial charge < -0.3 is 5.11 Å². The standard InChI is InChI=1S/C18H24O3S/c1-3-9-18(19)12-13(2)17-16(18)11-15(22(17,20)21)10-14-7-5-4-6-8-14/h3-9,13,15-17,19H,10-12H2,1-2H3/b9-3+/t13-,15+,16+,17+,18-/m1/s1. The molecule has 4 heteroatoms. The largest absolute Gasteiger partial charge is 0.385 e. The lowest BCUT2D eigenvalue weighted by molar-refractivity contribution is 0.0489. The monoisotopic (exact) mass is 320 g/mol. The summed E-state index contributed by atoms with van der Waals surface area (Å²) in [6.45, 7) is 3.84. The first kappa shape index (κ1) is 15.8. The van der Waals surface area contributed by atoms with Crippen LogP contribution >= 0.6 is 0 Å². The van der Waals surface area contributed by atoms with Gasteiger partial charge >= 0.3 is 0 Å². The van der Waals surface area contributed by atoms with Crippen molar-refractivity contribution in [2.24, 2.45) is 11.8 Å². The molecule has 0 unspecified atom stereocenters. The van der Waals surface area contributed by atoms with Crippen molar-refractivity contribution in [2.45, 2.75) is 49.2 Å². The van der Waals surface area contributed by atoms with Crippen molar-refractivity contribution in [1.29, 1.82) is 0 Å². The smallest absolute Gasteiger partial charge is 0.157 e. The highest BCUT2D eigenvalue weighted by molar-refractivity contribution is 7.93. The molecule has 1 N–H and O–H groups in total. The maximum atomic E-state index is 12.9. The molecule has 22 heavy (non-hydrogen) atoms. The second-order valence-corrected chi connectivity index (χ2v) is 9.27. The van der Waals surface area contributed by atoms with Crippen molar-refractivity contribution in [3.8, 4) is 0 Å². The van der Waals surface area contributed by atoms with E-state index in [0.29, 0.717) is 19.3 Å². The molecule has 1 aliphatic heterocycles. The molecular weight excluding hydrogens is 296 g/mol. The first-order valence-corrected chi connectivity index (χ1v) is 9.62. The molecule has 2 fully saturated rings. The number of aliphatic hydroxyl groups is 1. The molecule has 1 aromatic rings. The molecule has 0 radical (unpaired) electrons. The normalized spacial score (nSPS) is 40.1. The highest BCUT2D eigenvalue weighted by Gasteiger charge is 2.61. The Hall–Kier alpha value is -1.13. The van der Waals surface area contributed by atoms with E-state index in [0.717, 1.165) is 5.56 Å². The average Bonchev–Trinajstić information content (AvgIpc) is 2.86. The highest BCUT2D eigenvalue weighted by Crippen LogP contribution is 2.52.